The van der Waals surface area contributed by atoms with Crippen molar-refractivity contribution in [3.8, 4) is 11.4 Å². The number of benzene rings is 7. The fourth-order valence-corrected chi connectivity index (χ4v) is 7.05. The molecule has 0 saturated carbocycles. The van der Waals surface area contributed by atoms with Crippen LogP contribution in [0.4, 0.5) is 0 Å². The number of rotatable bonds is 2. The van der Waals surface area contributed by atoms with Crippen LogP contribution in [0.15, 0.2) is 170 Å². The lowest BCUT2D eigenvalue weighted by atomic mass is 10.0. The maximum Gasteiger partial charge on any atom is 0.0562 e. The molecule has 44 heavy (non-hydrogen) atoms. The summed E-state index contributed by atoms with van der Waals surface area (Å²) in [6.07, 6.45) is 0. The lowest BCUT2D eigenvalue weighted by Gasteiger charge is -2.15. The smallest absolute Gasteiger partial charge is 0.0562 e. The average molecular weight is 561 g/mol. The van der Waals surface area contributed by atoms with Gasteiger partial charge in [0.05, 0.1) is 22.1 Å². The Kier molecular flexibility index (Phi) is 5.54. The van der Waals surface area contributed by atoms with Crippen LogP contribution in [0.2, 0.25) is 0 Å². The second-order valence-corrected chi connectivity index (χ2v) is 11.4. The highest BCUT2D eigenvalue weighted by Crippen LogP contribution is 2.39. The fourth-order valence-electron chi connectivity index (χ4n) is 7.05. The summed E-state index contributed by atoms with van der Waals surface area (Å²) in [5, 5.41) is 9.83. The Morgan fingerprint density at radius 3 is 1.02 bits per heavy atom. The van der Waals surface area contributed by atoms with Gasteiger partial charge < -0.3 is 9.13 Å². The third-order valence-electron chi connectivity index (χ3n) is 8.93. The SMILES string of the molecule is c1ccc(-n2c3ccccc3c3ccccc3c3ccccc3c3cc4c5ccccc5n(-c5ccccc5)c4cc32)cc1. The first-order valence-electron chi connectivity index (χ1n) is 15.1. The quantitative estimate of drug-likeness (QED) is 0.199. The number of hydrogen-bond donors (Lipinski definition) is 0. The van der Waals surface area contributed by atoms with Crippen molar-refractivity contribution >= 4 is 65.2 Å². The molecule has 0 saturated heterocycles. The van der Waals surface area contributed by atoms with E-state index in [1.54, 1.807) is 0 Å². The summed E-state index contributed by atoms with van der Waals surface area (Å²) in [6.45, 7) is 0. The molecule has 9 rings (SSSR count). The van der Waals surface area contributed by atoms with Crippen molar-refractivity contribution in [3.63, 3.8) is 0 Å². The van der Waals surface area contributed by atoms with E-state index in [0.29, 0.717) is 0 Å². The van der Waals surface area contributed by atoms with Gasteiger partial charge >= 0.3 is 0 Å². The third-order valence-corrected chi connectivity index (χ3v) is 8.93. The predicted molar refractivity (Wildman–Crippen MR) is 188 cm³/mol. The van der Waals surface area contributed by atoms with Gasteiger partial charge in [0.25, 0.3) is 0 Å². The van der Waals surface area contributed by atoms with E-state index < -0.39 is 0 Å². The molecule has 0 atom stereocenters. The molecular weight excluding hydrogens is 532 g/mol. The van der Waals surface area contributed by atoms with Crippen LogP contribution in [0.1, 0.15) is 0 Å². The molecule has 2 aromatic heterocycles. The molecule has 0 fully saturated rings. The van der Waals surface area contributed by atoms with Crippen molar-refractivity contribution in [2.75, 3.05) is 0 Å². The molecule has 0 bridgehead atoms. The summed E-state index contributed by atoms with van der Waals surface area (Å²) in [5.41, 5.74) is 6.97. The molecule has 2 nitrogen and oxygen atoms in total. The first kappa shape index (κ1) is 24.7. The van der Waals surface area contributed by atoms with Crippen molar-refractivity contribution in [2.24, 2.45) is 0 Å². The molecule has 2 heterocycles. The highest BCUT2D eigenvalue weighted by molar-refractivity contribution is 6.22. The van der Waals surface area contributed by atoms with Crippen molar-refractivity contribution in [2.45, 2.75) is 0 Å². The van der Waals surface area contributed by atoms with Gasteiger partial charge in [-0.1, -0.05) is 121 Å². The normalized spacial score (nSPS) is 11.6. The third kappa shape index (κ3) is 3.68. The zero-order valence-corrected chi connectivity index (χ0v) is 24.1. The number of para-hydroxylation sites is 4. The molecule has 2 heteroatoms. The van der Waals surface area contributed by atoms with Crippen LogP contribution in [0.5, 0.6) is 0 Å². The molecule has 0 unspecified atom stereocenters. The van der Waals surface area contributed by atoms with Gasteiger partial charge in [-0.3, -0.25) is 0 Å². The van der Waals surface area contributed by atoms with Gasteiger partial charge in [0.15, 0.2) is 0 Å². The molecule has 0 aliphatic rings. The van der Waals surface area contributed by atoms with Gasteiger partial charge in [0.1, 0.15) is 0 Å². The zero-order valence-electron chi connectivity index (χ0n) is 24.1. The Morgan fingerprint density at radius 2 is 0.545 bits per heavy atom. The van der Waals surface area contributed by atoms with Gasteiger partial charge in [-0.25, -0.2) is 0 Å². The van der Waals surface area contributed by atoms with Crippen LogP contribution in [0, 0.1) is 0 Å². The molecule has 0 radical (unpaired) electrons. The fraction of sp³-hybridized carbons (Fsp3) is 0. The molecule has 0 N–H and O–H groups in total. The minimum absolute atomic E-state index is 1.12. The largest absolute Gasteiger partial charge is 0.309 e. The highest BCUT2D eigenvalue weighted by Gasteiger charge is 2.16. The van der Waals surface area contributed by atoms with Crippen LogP contribution in [0.25, 0.3) is 76.5 Å². The molecule has 0 aliphatic heterocycles. The predicted octanol–water partition coefficient (Wildman–Crippen LogP) is 11.3. The van der Waals surface area contributed by atoms with Crippen LogP contribution >= 0.6 is 0 Å². The number of fused-ring (bicyclic) bond motifs is 10. The molecule has 7 aromatic carbocycles. The summed E-state index contributed by atoms with van der Waals surface area (Å²) < 4.78 is 4.86. The van der Waals surface area contributed by atoms with E-state index in [4.69, 9.17) is 0 Å². The summed E-state index contributed by atoms with van der Waals surface area (Å²) in [5.74, 6) is 0. The van der Waals surface area contributed by atoms with Gasteiger partial charge in [-0.05, 0) is 70.1 Å². The molecule has 0 aliphatic carbocycles. The first-order valence-corrected chi connectivity index (χ1v) is 15.1. The van der Waals surface area contributed by atoms with E-state index >= 15 is 0 Å². The van der Waals surface area contributed by atoms with E-state index in [-0.39, 0.29) is 0 Å². The maximum atomic E-state index is 2.45. The Balaban J connectivity index is 1.66. The van der Waals surface area contributed by atoms with Gasteiger partial charge in [0.2, 0.25) is 0 Å². The molecular formula is C42H28N2. The number of aromatic nitrogens is 2. The lowest BCUT2D eigenvalue weighted by molar-refractivity contribution is 1.16. The first-order chi connectivity index (χ1) is 21.9. The monoisotopic (exact) mass is 560 g/mol. The van der Waals surface area contributed by atoms with Crippen LogP contribution in [-0.4, -0.2) is 9.13 Å². The molecule has 206 valence electrons. The highest BCUT2D eigenvalue weighted by atomic mass is 15.0. The molecule has 0 amide bonds. The standard InChI is InChI=1S/C42H28N2/c1-3-15-29(16-4-1)43-39-25-13-11-23-35(39)33-21-9-7-19-31(33)32-20-8-10-22-34(32)37-27-38-36-24-12-14-26-40(36)44(42(38)28-41(37)43)30-17-5-2-6-18-30/h1-28H. The lowest BCUT2D eigenvalue weighted by Crippen LogP contribution is -1.99. The van der Waals surface area contributed by atoms with E-state index in [0.717, 1.165) is 22.4 Å². The van der Waals surface area contributed by atoms with Crippen LogP contribution < -0.4 is 0 Å². The minimum atomic E-state index is 1.12. The van der Waals surface area contributed by atoms with E-state index in [9.17, 15) is 0 Å². The van der Waals surface area contributed by atoms with Crippen molar-refractivity contribution in [3.05, 3.63) is 170 Å². The number of hydrogen-bond acceptors (Lipinski definition) is 0. The van der Waals surface area contributed by atoms with Crippen molar-refractivity contribution < 1.29 is 0 Å². The Morgan fingerprint density at radius 1 is 0.227 bits per heavy atom. The van der Waals surface area contributed by atoms with Crippen LogP contribution in [-0.2, 0) is 0 Å². The topological polar surface area (TPSA) is 9.86 Å². The minimum Gasteiger partial charge on any atom is -0.309 e. The maximum absolute atomic E-state index is 2.45. The average Bonchev–Trinajstić information content (AvgIpc) is 3.43. The van der Waals surface area contributed by atoms with E-state index in [2.05, 4.69) is 179 Å². The van der Waals surface area contributed by atoms with Crippen LogP contribution in [0.3, 0.4) is 0 Å². The summed E-state index contributed by atoms with van der Waals surface area (Å²) in [7, 11) is 0. The van der Waals surface area contributed by atoms with Crippen molar-refractivity contribution in [1.29, 1.82) is 0 Å². The second kappa shape index (κ2) is 9.86. The Hall–Kier alpha value is -5.86. The van der Waals surface area contributed by atoms with E-state index in [1.165, 1.54) is 54.1 Å². The summed E-state index contributed by atoms with van der Waals surface area (Å²) in [4.78, 5) is 0. The summed E-state index contributed by atoms with van der Waals surface area (Å²) >= 11 is 0. The molecule has 9 aromatic rings. The number of nitrogens with zero attached hydrogens (tertiary/aromatic N) is 2. The second-order valence-electron chi connectivity index (χ2n) is 11.4. The molecule has 0 spiro atoms. The summed E-state index contributed by atoms with van der Waals surface area (Å²) in [6, 6.07) is 61.7. The zero-order chi connectivity index (χ0) is 29.0. The van der Waals surface area contributed by atoms with Gasteiger partial charge in [0, 0.05) is 32.9 Å². The van der Waals surface area contributed by atoms with Gasteiger partial charge in [-0.15, -0.1) is 0 Å². The van der Waals surface area contributed by atoms with Gasteiger partial charge in [-0.2, -0.15) is 0 Å². The van der Waals surface area contributed by atoms with E-state index in [1.807, 2.05) is 0 Å². The Labute approximate surface area is 255 Å². The van der Waals surface area contributed by atoms with Crippen molar-refractivity contribution in [1.82, 2.24) is 9.13 Å². The Bertz CT molecular complexity index is 2590.